The zero-order valence-corrected chi connectivity index (χ0v) is 12.3. The summed E-state index contributed by atoms with van der Waals surface area (Å²) in [5.74, 6) is 0.999. The van der Waals surface area contributed by atoms with Gasteiger partial charge in [-0.3, -0.25) is 0 Å². The first-order chi connectivity index (χ1) is 9.24. The maximum atomic E-state index is 5.26. The first-order valence-electron chi connectivity index (χ1n) is 6.57. The Labute approximate surface area is 115 Å². The zero-order valence-electron chi connectivity index (χ0n) is 12.3. The van der Waals surface area contributed by atoms with E-state index in [-0.39, 0.29) is 6.04 Å². The van der Waals surface area contributed by atoms with Crippen LogP contribution in [0, 0.1) is 0 Å². The van der Waals surface area contributed by atoms with E-state index in [9.17, 15) is 0 Å². The number of rotatable bonds is 9. The van der Waals surface area contributed by atoms with Gasteiger partial charge in [-0.25, -0.2) is 4.98 Å². The van der Waals surface area contributed by atoms with Gasteiger partial charge in [0.15, 0.2) is 0 Å². The lowest BCUT2D eigenvalue weighted by atomic mass is 10.2. The summed E-state index contributed by atoms with van der Waals surface area (Å²) in [6, 6.07) is 4.31. The summed E-state index contributed by atoms with van der Waals surface area (Å²) < 4.78 is 10.5. The number of hydrogen-bond acceptors (Lipinski definition) is 5. The van der Waals surface area contributed by atoms with Gasteiger partial charge in [-0.1, -0.05) is 6.07 Å². The van der Waals surface area contributed by atoms with E-state index in [0.29, 0.717) is 13.2 Å². The molecule has 0 bridgehead atoms. The van der Waals surface area contributed by atoms with Crippen LogP contribution in [0.1, 0.15) is 12.5 Å². The Hall–Kier alpha value is -1.17. The van der Waals surface area contributed by atoms with E-state index in [1.807, 2.05) is 19.3 Å². The predicted octanol–water partition coefficient (Wildman–Crippen LogP) is 1.29. The van der Waals surface area contributed by atoms with E-state index < -0.39 is 0 Å². The van der Waals surface area contributed by atoms with Gasteiger partial charge in [-0.15, -0.1) is 0 Å². The zero-order chi connectivity index (χ0) is 14.1. The second-order valence-corrected chi connectivity index (χ2v) is 4.51. The first-order valence-corrected chi connectivity index (χ1v) is 6.57. The Kier molecular flexibility index (Phi) is 7.40. The molecule has 1 atom stereocenters. The number of methoxy groups -OCH3 is 2. The summed E-state index contributed by atoms with van der Waals surface area (Å²) in [6.45, 7) is 5.07. The van der Waals surface area contributed by atoms with Crippen LogP contribution in [0.15, 0.2) is 18.3 Å². The van der Waals surface area contributed by atoms with E-state index in [1.54, 1.807) is 14.2 Å². The minimum atomic E-state index is 0.255. The molecule has 0 saturated carbocycles. The van der Waals surface area contributed by atoms with Crippen LogP contribution in [-0.4, -0.2) is 52.1 Å². The molecule has 1 rings (SSSR count). The van der Waals surface area contributed by atoms with E-state index in [4.69, 9.17) is 9.47 Å². The molecule has 0 aliphatic heterocycles. The predicted molar refractivity (Wildman–Crippen MR) is 77.6 cm³/mol. The highest BCUT2D eigenvalue weighted by molar-refractivity contribution is 5.47. The van der Waals surface area contributed by atoms with Gasteiger partial charge < -0.3 is 19.7 Å². The fourth-order valence-electron chi connectivity index (χ4n) is 2.07. The minimum Gasteiger partial charge on any atom is -0.383 e. The lowest BCUT2D eigenvalue weighted by Crippen LogP contribution is -2.40. The van der Waals surface area contributed by atoms with E-state index >= 15 is 0 Å². The fraction of sp³-hybridized carbons (Fsp3) is 0.643. The Morgan fingerprint density at radius 3 is 2.79 bits per heavy atom. The summed E-state index contributed by atoms with van der Waals surface area (Å²) in [7, 11) is 5.37. The highest BCUT2D eigenvalue weighted by Gasteiger charge is 2.18. The smallest absolute Gasteiger partial charge is 0.133 e. The highest BCUT2D eigenvalue weighted by atomic mass is 16.5. The van der Waals surface area contributed by atoms with Crippen LogP contribution in [0.3, 0.4) is 0 Å². The molecule has 108 valence electrons. The second kappa shape index (κ2) is 8.85. The van der Waals surface area contributed by atoms with Crippen molar-refractivity contribution in [1.82, 2.24) is 10.3 Å². The van der Waals surface area contributed by atoms with E-state index in [1.165, 1.54) is 5.56 Å². The molecule has 5 nitrogen and oxygen atoms in total. The topological polar surface area (TPSA) is 46.6 Å². The van der Waals surface area contributed by atoms with Crippen LogP contribution in [0.5, 0.6) is 0 Å². The molecule has 0 amide bonds. The maximum Gasteiger partial charge on any atom is 0.133 e. The summed E-state index contributed by atoms with van der Waals surface area (Å²) >= 11 is 0. The van der Waals surface area contributed by atoms with Crippen LogP contribution < -0.4 is 10.2 Å². The van der Waals surface area contributed by atoms with Crippen molar-refractivity contribution in [3.8, 4) is 0 Å². The second-order valence-electron chi connectivity index (χ2n) is 4.51. The Morgan fingerprint density at radius 1 is 1.37 bits per heavy atom. The van der Waals surface area contributed by atoms with Gasteiger partial charge in [0.05, 0.1) is 19.3 Å². The highest BCUT2D eigenvalue weighted by Crippen LogP contribution is 2.19. The van der Waals surface area contributed by atoms with Gasteiger partial charge in [0, 0.05) is 39.1 Å². The molecule has 1 N–H and O–H groups in total. The molecule has 1 aromatic rings. The third-order valence-corrected chi connectivity index (χ3v) is 2.98. The summed E-state index contributed by atoms with van der Waals surface area (Å²) in [5, 5.41) is 3.18. The van der Waals surface area contributed by atoms with Crippen molar-refractivity contribution in [2.45, 2.75) is 19.5 Å². The average molecular weight is 267 g/mol. The van der Waals surface area contributed by atoms with Gasteiger partial charge in [0.1, 0.15) is 5.82 Å². The molecule has 0 radical (unpaired) electrons. The number of aromatic nitrogens is 1. The molecular formula is C14H25N3O2. The number of ether oxygens (including phenoxy) is 2. The van der Waals surface area contributed by atoms with Gasteiger partial charge >= 0.3 is 0 Å². The quantitative estimate of drug-likeness (QED) is 0.730. The first kappa shape index (κ1) is 15.9. The molecule has 1 aromatic heterocycles. The fourth-order valence-corrected chi connectivity index (χ4v) is 2.07. The largest absolute Gasteiger partial charge is 0.383 e. The van der Waals surface area contributed by atoms with Gasteiger partial charge in [-0.05, 0) is 20.0 Å². The summed E-state index contributed by atoms with van der Waals surface area (Å²) in [5.41, 5.74) is 1.18. The normalized spacial score (nSPS) is 12.4. The Bertz CT molecular complexity index is 360. The van der Waals surface area contributed by atoms with E-state index in [0.717, 1.165) is 18.9 Å². The number of pyridine rings is 1. The Balaban J connectivity index is 2.94. The van der Waals surface area contributed by atoms with Gasteiger partial charge in [0.2, 0.25) is 0 Å². The SMILES string of the molecule is CNCc1cccnc1N(CCOC)C(C)COC. The van der Waals surface area contributed by atoms with Crippen molar-refractivity contribution in [2.24, 2.45) is 0 Å². The lowest BCUT2D eigenvalue weighted by molar-refractivity contribution is 0.170. The minimum absolute atomic E-state index is 0.255. The molecule has 5 heteroatoms. The van der Waals surface area contributed by atoms with Crippen molar-refractivity contribution in [1.29, 1.82) is 0 Å². The molecule has 0 aliphatic carbocycles. The molecule has 0 aliphatic rings. The Morgan fingerprint density at radius 2 is 2.16 bits per heavy atom. The van der Waals surface area contributed by atoms with Crippen LogP contribution in [0.25, 0.3) is 0 Å². The lowest BCUT2D eigenvalue weighted by Gasteiger charge is -2.31. The summed E-state index contributed by atoms with van der Waals surface area (Å²) in [4.78, 5) is 6.76. The monoisotopic (exact) mass is 267 g/mol. The van der Waals surface area contributed by atoms with Gasteiger partial charge in [-0.2, -0.15) is 0 Å². The van der Waals surface area contributed by atoms with Crippen molar-refractivity contribution < 1.29 is 9.47 Å². The van der Waals surface area contributed by atoms with Gasteiger partial charge in [0.25, 0.3) is 0 Å². The molecule has 0 spiro atoms. The number of hydrogen-bond donors (Lipinski definition) is 1. The number of anilines is 1. The van der Waals surface area contributed by atoms with Crippen molar-refractivity contribution in [2.75, 3.05) is 45.9 Å². The number of nitrogens with zero attached hydrogens (tertiary/aromatic N) is 2. The van der Waals surface area contributed by atoms with E-state index in [2.05, 4.69) is 28.2 Å². The van der Waals surface area contributed by atoms with Crippen molar-refractivity contribution in [3.05, 3.63) is 23.9 Å². The van der Waals surface area contributed by atoms with Crippen LogP contribution >= 0.6 is 0 Å². The third kappa shape index (κ3) is 4.78. The molecule has 19 heavy (non-hydrogen) atoms. The average Bonchev–Trinajstić information content (AvgIpc) is 2.41. The third-order valence-electron chi connectivity index (χ3n) is 2.98. The maximum absolute atomic E-state index is 5.26. The molecule has 0 aromatic carbocycles. The van der Waals surface area contributed by atoms with Crippen molar-refractivity contribution in [3.63, 3.8) is 0 Å². The molecule has 0 fully saturated rings. The van der Waals surface area contributed by atoms with Crippen LogP contribution in [-0.2, 0) is 16.0 Å². The molecular weight excluding hydrogens is 242 g/mol. The standard InChI is InChI=1S/C14H25N3O2/c1-12(11-19-4)17(8-9-18-3)14-13(10-15-2)6-5-7-16-14/h5-7,12,15H,8-11H2,1-4H3. The van der Waals surface area contributed by atoms with Crippen LogP contribution in [0.2, 0.25) is 0 Å². The van der Waals surface area contributed by atoms with Crippen LogP contribution in [0.4, 0.5) is 5.82 Å². The van der Waals surface area contributed by atoms with Crippen molar-refractivity contribution >= 4 is 5.82 Å². The molecule has 1 heterocycles. The molecule has 0 saturated heterocycles. The number of nitrogens with one attached hydrogen (secondary N) is 1. The molecule has 1 unspecified atom stereocenters. The summed E-state index contributed by atoms with van der Waals surface area (Å²) in [6.07, 6.45) is 1.83.